The van der Waals surface area contributed by atoms with Crippen LogP contribution in [0.5, 0.6) is 11.5 Å². The van der Waals surface area contributed by atoms with E-state index in [0.717, 1.165) is 65.3 Å². The topological polar surface area (TPSA) is 37.2 Å². The van der Waals surface area contributed by atoms with Gasteiger partial charge in [-0.2, -0.15) is 0 Å². The van der Waals surface area contributed by atoms with Crippen LogP contribution in [-0.2, 0) is 4.57 Å². The van der Waals surface area contributed by atoms with E-state index >= 15 is 4.57 Å². The Morgan fingerprint density at radius 3 is 1.94 bits per heavy atom. The van der Waals surface area contributed by atoms with E-state index in [2.05, 4.69) is 172 Å². The maximum Gasteiger partial charge on any atom is 0.253 e. The van der Waals surface area contributed by atoms with E-state index < -0.39 is 7.14 Å². The van der Waals surface area contributed by atoms with Crippen molar-refractivity contribution in [3.05, 3.63) is 188 Å². The molecule has 0 spiro atoms. The van der Waals surface area contributed by atoms with Gasteiger partial charge < -0.3 is 23.5 Å². The molecule has 8 heteroatoms. The highest BCUT2D eigenvalue weighted by atomic mass is 32.2. The molecule has 6 heterocycles. The van der Waals surface area contributed by atoms with Gasteiger partial charge in [0.2, 0.25) is 0 Å². The fraction of sp³-hybridized carbons (Fsp3) is 0. The minimum atomic E-state index is -3.39. The summed E-state index contributed by atoms with van der Waals surface area (Å²) in [5, 5.41) is 7.40. The molecule has 0 bridgehead atoms. The minimum absolute atomic E-state index is 0.206. The third-order valence-corrected chi connectivity index (χ3v) is 18.4. The normalized spacial score (nSPS) is 16.5. The predicted octanol–water partition coefficient (Wildman–Crippen LogP) is 11.1. The van der Waals surface area contributed by atoms with Crippen molar-refractivity contribution in [3.63, 3.8) is 0 Å². The van der Waals surface area contributed by atoms with Crippen LogP contribution < -0.4 is 46.8 Å². The van der Waals surface area contributed by atoms with Gasteiger partial charge in [-0.3, -0.25) is 0 Å². The number of fused-ring (bicyclic) bond motifs is 16. The third-order valence-electron chi connectivity index (χ3n) is 13.7. The molecule has 0 amide bonds. The zero-order chi connectivity index (χ0) is 40.4. The van der Waals surface area contributed by atoms with Crippen LogP contribution in [0.1, 0.15) is 0 Å². The van der Waals surface area contributed by atoms with Crippen LogP contribution in [0.2, 0.25) is 0 Å². The number of nitrogens with zero attached hydrogens (tertiary/aromatic N) is 3. The van der Waals surface area contributed by atoms with E-state index in [1.807, 2.05) is 30.3 Å². The van der Waals surface area contributed by atoms with Gasteiger partial charge in [-0.15, -0.1) is 0 Å². The largest absolute Gasteiger partial charge is 0.456 e. The van der Waals surface area contributed by atoms with Crippen LogP contribution in [-0.4, -0.2) is 11.1 Å². The Morgan fingerprint density at radius 1 is 0.516 bits per heavy atom. The summed E-state index contributed by atoms with van der Waals surface area (Å²) in [6.07, 6.45) is 0. The Balaban J connectivity index is 1.16. The SMILES string of the molecule is O=P12c3ccccc3Oc3cc4c(c(c31)Sc1ccccc12)N(c1ccccc1)c1cccc2c1B4c1c(cc3c4ccccc4n4c5ccccc5c1c34)N2c1ccccc1. The number of para-hydroxylation sites is 5. The number of ether oxygens (including phenoxy) is 1. The third kappa shape index (κ3) is 3.98. The Bertz CT molecular complexity index is 3820. The first-order valence-electron chi connectivity index (χ1n) is 21.1. The zero-order valence-electron chi connectivity index (χ0n) is 33.0. The summed E-state index contributed by atoms with van der Waals surface area (Å²) >= 11 is 1.73. The van der Waals surface area contributed by atoms with Crippen molar-refractivity contribution >= 4 is 130 Å². The zero-order valence-corrected chi connectivity index (χ0v) is 34.7. The van der Waals surface area contributed by atoms with E-state index in [4.69, 9.17) is 4.74 Å². The number of rotatable bonds is 2. The second-order valence-electron chi connectivity index (χ2n) is 16.7. The molecule has 4 aliphatic rings. The first kappa shape index (κ1) is 33.5. The quantitative estimate of drug-likeness (QED) is 0.128. The van der Waals surface area contributed by atoms with E-state index in [9.17, 15) is 0 Å². The first-order chi connectivity index (χ1) is 30.7. The fourth-order valence-electron chi connectivity index (χ4n) is 11.4. The lowest BCUT2D eigenvalue weighted by molar-refractivity contribution is 0.484. The van der Waals surface area contributed by atoms with E-state index in [-0.39, 0.29) is 6.71 Å². The van der Waals surface area contributed by atoms with Gasteiger partial charge in [0.05, 0.1) is 37.7 Å². The lowest BCUT2D eigenvalue weighted by Gasteiger charge is -2.46. The molecule has 5 nitrogen and oxygen atoms in total. The van der Waals surface area contributed by atoms with Crippen molar-refractivity contribution in [3.8, 4) is 11.5 Å². The highest BCUT2D eigenvalue weighted by Gasteiger charge is 2.52. The van der Waals surface area contributed by atoms with Crippen LogP contribution in [0, 0.1) is 0 Å². The van der Waals surface area contributed by atoms with Gasteiger partial charge in [0, 0.05) is 60.2 Å². The minimum Gasteiger partial charge on any atom is -0.456 e. The number of hydrogen-bond donors (Lipinski definition) is 0. The van der Waals surface area contributed by atoms with Gasteiger partial charge in [0.15, 0.2) is 7.14 Å². The molecule has 0 saturated carbocycles. The Morgan fingerprint density at radius 2 is 1.15 bits per heavy atom. The smallest absolute Gasteiger partial charge is 0.253 e. The molecular formula is C54H31BN3O2PS. The van der Waals surface area contributed by atoms with E-state index in [1.165, 1.54) is 49.0 Å². The van der Waals surface area contributed by atoms with Crippen LogP contribution in [0.15, 0.2) is 198 Å². The molecule has 9 aromatic carbocycles. The maximum absolute atomic E-state index is 16.5. The van der Waals surface area contributed by atoms with E-state index in [0.29, 0.717) is 11.5 Å². The number of benzene rings is 9. The van der Waals surface area contributed by atoms with E-state index in [1.54, 1.807) is 11.8 Å². The molecule has 288 valence electrons. The number of aromatic nitrogens is 1. The Labute approximate surface area is 361 Å². The van der Waals surface area contributed by atoms with Crippen LogP contribution in [0.4, 0.5) is 34.1 Å². The second kappa shape index (κ2) is 11.8. The molecule has 15 rings (SSSR count). The summed E-state index contributed by atoms with van der Waals surface area (Å²) < 4.78 is 26.0. The van der Waals surface area contributed by atoms with Crippen molar-refractivity contribution in [2.45, 2.75) is 9.79 Å². The fourth-order valence-corrected chi connectivity index (χ4v) is 16.5. The summed E-state index contributed by atoms with van der Waals surface area (Å²) in [6.45, 7) is -0.206. The Kier molecular flexibility index (Phi) is 6.38. The van der Waals surface area contributed by atoms with Crippen LogP contribution in [0.3, 0.4) is 0 Å². The highest BCUT2D eigenvalue weighted by molar-refractivity contribution is 8.03. The summed E-state index contributed by atoms with van der Waals surface area (Å²) in [7, 11) is -3.39. The first-order valence-corrected chi connectivity index (χ1v) is 23.6. The summed E-state index contributed by atoms with van der Waals surface area (Å²) in [6, 6.07) is 67.1. The average molecular weight is 828 g/mol. The molecule has 0 N–H and O–H groups in total. The molecule has 0 fully saturated rings. The molecule has 2 aromatic heterocycles. The maximum atomic E-state index is 16.5. The molecule has 0 radical (unpaired) electrons. The summed E-state index contributed by atoms with van der Waals surface area (Å²) in [5.41, 5.74) is 13.9. The standard InChI is InChI=1S/C54H31BN3O2PS/c59-61-45-27-12-11-26-43(45)60-44-31-37-52(54(53(44)61)62-47-29-14-13-28-46(47)61)57(33-18-5-2-6-19-33)41-25-15-24-40-49(41)55(37)50-42(56(40)32-16-3-1-4-17-32)30-36-34-20-7-9-22-38(34)58-39-23-10-8-21-35(39)48(50)51(36)58/h1-31H. The lowest BCUT2D eigenvalue weighted by Crippen LogP contribution is -2.62. The van der Waals surface area contributed by atoms with Crippen molar-refractivity contribution in [1.29, 1.82) is 0 Å². The summed E-state index contributed by atoms with van der Waals surface area (Å²) in [4.78, 5) is 6.96. The van der Waals surface area contributed by atoms with Crippen LogP contribution >= 0.6 is 18.9 Å². The average Bonchev–Trinajstić information content (AvgIpc) is 3.84. The number of hydrogen-bond acceptors (Lipinski definition) is 5. The van der Waals surface area contributed by atoms with Gasteiger partial charge >= 0.3 is 0 Å². The van der Waals surface area contributed by atoms with Crippen molar-refractivity contribution in [1.82, 2.24) is 4.40 Å². The molecule has 11 aromatic rings. The summed E-state index contributed by atoms with van der Waals surface area (Å²) in [5.74, 6) is 1.33. The molecule has 0 saturated heterocycles. The second-order valence-corrected chi connectivity index (χ2v) is 20.4. The molecule has 62 heavy (non-hydrogen) atoms. The van der Waals surface area contributed by atoms with Crippen molar-refractivity contribution in [2.75, 3.05) is 9.80 Å². The molecule has 4 aliphatic heterocycles. The highest BCUT2D eigenvalue weighted by Crippen LogP contribution is 2.61. The predicted molar refractivity (Wildman–Crippen MR) is 259 cm³/mol. The Hall–Kier alpha value is -7.18. The molecular weight excluding hydrogens is 796 g/mol. The lowest BCUT2D eigenvalue weighted by atomic mass is 9.33. The molecule has 1 atom stereocenters. The van der Waals surface area contributed by atoms with Crippen molar-refractivity contribution in [2.24, 2.45) is 0 Å². The van der Waals surface area contributed by atoms with Gasteiger partial charge in [-0.05, 0) is 101 Å². The number of anilines is 6. The van der Waals surface area contributed by atoms with Crippen LogP contribution in [0.25, 0.3) is 38.1 Å². The molecule has 1 unspecified atom stereocenters. The van der Waals surface area contributed by atoms with Gasteiger partial charge in [-0.25, -0.2) is 0 Å². The van der Waals surface area contributed by atoms with Gasteiger partial charge in [0.25, 0.3) is 6.71 Å². The monoisotopic (exact) mass is 827 g/mol. The van der Waals surface area contributed by atoms with Crippen molar-refractivity contribution < 1.29 is 9.30 Å². The van der Waals surface area contributed by atoms with Gasteiger partial charge in [0.1, 0.15) is 11.5 Å². The molecule has 0 aliphatic carbocycles. The van der Waals surface area contributed by atoms with Gasteiger partial charge in [-0.1, -0.05) is 115 Å².